The number of aliphatic carboxylic acids is 4. The summed E-state index contributed by atoms with van der Waals surface area (Å²) >= 11 is 0. The largest absolute Gasteiger partial charge is 0.481 e. The Morgan fingerprint density at radius 2 is 1.30 bits per heavy atom. The quantitative estimate of drug-likeness (QED) is 0.296. The van der Waals surface area contributed by atoms with Crippen LogP contribution in [0, 0.1) is 5.92 Å². The average molecular weight is 334 g/mol. The van der Waals surface area contributed by atoms with Crippen molar-refractivity contribution in [2.75, 3.05) is 0 Å². The minimum absolute atomic E-state index is 0.388. The predicted octanol–water partition coefficient (Wildman–Crippen LogP) is -0.832. The molecule has 23 heavy (non-hydrogen) atoms. The Kier molecular flexibility index (Phi) is 8.08. The van der Waals surface area contributed by atoms with Crippen LogP contribution in [-0.4, -0.2) is 62.4 Å². The minimum Gasteiger partial charge on any atom is -0.481 e. The van der Waals surface area contributed by atoms with Gasteiger partial charge in [-0.25, -0.2) is 14.4 Å². The molecule has 130 valence electrons. The molecule has 0 rings (SSSR count). The lowest BCUT2D eigenvalue weighted by molar-refractivity contribution is -0.144. The van der Waals surface area contributed by atoms with Gasteiger partial charge in [0.15, 0.2) is 0 Å². The third-order valence-electron chi connectivity index (χ3n) is 2.86. The molecule has 0 aliphatic heterocycles. The van der Waals surface area contributed by atoms with E-state index in [9.17, 15) is 24.0 Å². The number of urea groups is 1. The van der Waals surface area contributed by atoms with Crippen LogP contribution in [0.1, 0.15) is 26.2 Å². The maximum atomic E-state index is 11.6. The Hall–Kier alpha value is -2.85. The summed E-state index contributed by atoms with van der Waals surface area (Å²) in [7, 11) is 0. The fraction of sp³-hybridized carbons (Fsp3) is 0.583. The number of hydrogen-bond donors (Lipinski definition) is 6. The van der Waals surface area contributed by atoms with Crippen molar-refractivity contribution in [1.82, 2.24) is 10.6 Å². The number of carbonyl (C=O) groups excluding carboxylic acids is 1. The van der Waals surface area contributed by atoms with Gasteiger partial charge >= 0.3 is 29.9 Å². The van der Waals surface area contributed by atoms with Crippen molar-refractivity contribution in [2.45, 2.75) is 38.3 Å². The highest BCUT2D eigenvalue weighted by Gasteiger charge is 2.27. The Balaban J connectivity index is 4.71. The Morgan fingerprint density at radius 3 is 1.70 bits per heavy atom. The van der Waals surface area contributed by atoms with Crippen LogP contribution >= 0.6 is 0 Å². The molecule has 0 saturated carbocycles. The van der Waals surface area contributed by atoms with E-state index in [1.807, 2.05) is 10.6 Å². The molecule has 11 heteroatoms. The van der Waals surface area contributed by atoms with E-state index in [0.29, 0.717) is 0 Å². The number of carbonyl (C=O) groups is 5. The van der Waals surface area contributed by atoms with Crippen molar-refractivity contribution in [3.63, 3.8) is 0 Å². The predicted molar refractivity (Wildman–Crippen MR) is 72.8 cm³/mol. The molecule has 0 aromatic rings. The van der Waals surface area contributed by atoms with Gasteiger partial charge in [-0.15, -0.1) is 0 Å². The van der Waals surface area contributed by atoms with Gasteiger partial charge in [0.05, 0.1) is 5.92 Å². The van der Waals surface area contributed by atoms with Crippen molar-refractivity contribution in [3.05, 3.63) is 0 Å². The van der Waals surface area contributed by atoms with E-state index in [0.717, 1.165) is 0 Å². The third-order valence-corrected chi connectivity index (χ3v) is 2.86. The van der Waals surface area contributed by atoms with Gasteiger partial charge in [-0.1, -0.05) is 6.92 Å². The second kappa shape index (κ2) is 9.23. The van der Waals surface area contributed by atoms with Crippen LogP contribution in [0.2, 0.25) is 0 Å². The first-order valence-electron chi connectivity index (χ1n) is 6.51. The lowest BCUT2D eigenvalue weighted by Gasteiger charge is -2.19. The molecule has 0 aliphatic carbocycles. The molecule has 6 N–H and O–H groups in total. The Morgan fingerprint density at radius 1 is 0.826 bits per heavy atom. The molecule has 0 unspecified atom stereocenters. The van der Waals surface area contributed by atoms with Crippen molar-refractivity contribution in [2.24, 2.45) is 5.92 Å². The van der Waals surface area contributed by atoms with Crippen LogP contribution in [0.3, 0.4) is 0 Å². The number of amides is 2. The third kappa shape index (κ3) is 8.24. The van der Waals surface area contributed by atoms with Crippen molar-refractivity contribution < 1.29 is 44.4 Å². The molecule has 0 radical (unpaired) electrons. The normalized spacial score (nSPS) is 14.1. The van der Waals surface area contributed by atoms with E-state index in [1.165, 1.54) is 6.92 Å². The number of nitrogens with one attached hydrogen (secondary N) is 2. The van der Waals surface area contributed by atoms with Gasteiger partial charge in [0.1, 0.15) is 12.1 Å². The molecule has 3 atom stereocenters. The molecule has 0 aromatic heterocycles. The zero-order valence-corrected chi connectivity index (χ0v) is 12.2. The summed E-state index contributed by atoms with van der Waals surface area (Å²) in [6.45, 7) is 1.25. The van der Waals surface area contributed by atoms with E-state index in [1.54, 1.807) is 0 Å². The summed E-state index contributed by atoms with van der Waals surface area (Å²) in [5.74, 6) is -6.50. The minimum atomic E-state index is -1.53. The highest BCUT2D eigenvalue weighted by molar-refractivity contribution is 5.86. The second-order valence-electron chi connectivity index (χ2n) is 4.81. The zero-order valence-electron chi connectivity index (χ0n) is 12.2. The molecule has 0 aromatic carbocycles. The highest BCUT2D eigenvalue weighted by Crippen LogP contribution is 2.07. The first-order chi connectivity index (χ1) is 10.5. The van der Waals surface area contributed by atoms with Crippen LogP contribution < -0.4 is 10.6 Å². The van der Waals surface area contributed by atoms with Crippen molar-refractivity contribution in [3.8, 4) is 0 Å². The molecule has 0 bridgehead atoms. The van der Waals surface area contributed by atoms with Crippen molar-refractivity contribution >= 4 is 29.9 Å². The lowest BCUT2D eigenvalue weighted by Crippen LogP contribution is -2.51. The molecule has 0 heterocycles. The fourth-order valence-electron chi connectivity index (χ4n) is 1.56. The molecule has 0 aliphatic rings. The molecular formula is C12H18N2O9. The standard InChI is InChI=1S/C12H18N2O9/c1-5(9(17)18)4-7(11(21)22)14-12(23)13-6(10(19)20)2-3-8(15)16/h5-7H,2-4H2,1H3,(H,15,16)(H,17,18)(H,19,20)(H,21,22)(H2,13,14,23)/t5-,6-,7-/m0/s1. The van der Waals surface area contributed by atoms with Crippen LogP contribution in [0.25, 0.3) is 0 Å². The molecular weight excluding hydrogens is 316 g/mol. The molecule has 0 fully saturated rings. The van der Waals surface area contributed by atoms with Gasteiger partial charge < -0.3 is 31.1 Å². The summed E-state index contributed by atoms with van der Waals surface area (Å²) in [6, 6.07) is -4.19. The monoisotopic (exact) mass is 334 g/mol. The number of rotatable bonds is 10. The van der Waals surface area contributed by atoms with Crippen LogP contribution in [0.4, 0.5) is 4.79 Å². The fourth-order valence-corrected chi connectivity index (χ4v) is 1.56. The van der Waals surface area contributed by atoms with Gasteiger partial charge in [0.2, 0.25) is 0 Å². The summed E-state index contributed by atoms with van der Waals surface area (Å²) in [6.07, 6.45) is -1.29. The smallest absolute Gasteiger partial charge is 0.326 e. The maximum absolute atomic E-state index is 11.6. The van der Waals surface area contributed by atoms with Crippen LogP contribution in [0.5, 0.6) is 0 Å². The van der Waals surface area contributed by atoms with Crippen molar-refractivity contribution in [1.29, 1.82) is 0 Å². The van der Waals surface area contributed by atoms with E-state index < -0.39 is 60.8 Å². The van der Waals surface area contributed by atoms with Gasteiger partial charge in [0, 0.05) is 6.42 Å². The molecule has 0 saturated heterocycles. The summed E-state index contributed by atoms with van der Waals surface area (Å²) < 4.78 is 0. The van der Waals surface area contributed by atoms with E-state index >= 15 is 0 Å². The molecule has 0 spiro atoms. The topological polar surface area (TPSA) is 190 Å². The van der Waals surface area contributed by atoms with E-state index in [4.69, 9.17) is 20.4 Å². The number of carboxylic acid groups (broad SMARTS) is 4. The molecule has 2 amide bonds. The van der Waals surface area contributed by atoms with Crippen LogP contribution in [-0.2, 0) is 19.2 Å². The van der Waals surface area contributed by atoms with Gasteiger partial charge in [-0.3, -0.25) is 9.59 Å². The Bertz CT molecular complexity index is 491. The lowest BCUT2D eigenvalue weighted by atomic mass is 10.0. The van der Waals surface area contributed by atoms with Gasteiger partial charge in [-0.2, -0.15) is 0 Å². The second-order valence-corrected chi connectivity index (χ2v) is 4.81. The first kappa shape index (κ1) is 20.1. The SMILES string of the molecule is C[C@@H](C[C@H](NC(=O)N[C@@H](CCC(=O)O)C(=O)O)C(=O)O)C(=O)O. The average Bonchev–Trinajstić information content (AvgIpc) is 2.41. The van der Waals surface area contributed by atoms with E-state index in [2.05, 4.69) is 0 Å². The Labute approximate surface area is 130 Å². The summed E-state index contributed by atoms with van der Waals surface area (Å²) in [5.41, 5.74) is 0. The highest BCUT2D eigenvalue weighted by atomic mass is 16.4. The van der Waals surface area contributed by atoms with Crippen LogP contribution in [0.15, 0.2) is 0 Å². The van der Waals surface area contributed by atoms with Gasteiger partial charge in [-0.05, 0) is 12.8 Å². The first-order valence-corrected chi connectivity index (χ1v) is 6.51. The van der Waals surface area contributed by atoms with E-state index in [-0.39, 0.29) is 6.42 Å². The molecule has 11 nitrogen and oxygen atoms in total. The maximum Gasteiger partial charge on any atom is 0.326 e. The number of carboxylic acids is 4. The van der Waals surface area contributed by atoms with Gasteiger partial charge in [0.25, 0.3) is 0 Å². The summed E-state index contributed by atoms with van der Waals surface area (Å²) in [4.78, 5) is 54.6. The number of hydrogen-bond acceptors (Lipinski definition) is 5. The summed E-state index contributed by atoms with van der Waals surface area (Å²) in [5, 5.41) is 38.9. The zero-order chi connectivity index (χ0) is 18.2.